The first-order valence-electron chi connectivity index (χ1n) is 11.1. The lowest BCUT2D eigenvalue weighted by molar-refractivity contribution is -0.121. The molecule has 0 saturated carbocycles. The molecule has 0 aliphatic carbocycles. The molecule has 0 fully saturated rings. The van der Waals surface area contributed by atoms with Gasteiger partial charge in [0.2, 0.25) is 15.9 Å². The maximum atomic E-state index is 12.4. The molecule has 0 atom stereocenters. The molecule has 178 valence electrons. The first kappa shape index (κ1) is 24.7. The van der Waals surface area contributed by atoms with Crippen LogP contribution in [0.3, 0.4) is 0 Å². The minimum Gasteiger partial charge on any atom is -0.494 e. The summed E-state index contributed by atoms with van der Waals surface area (Å²) in [6.45, 7) is 3.24. The standard InChI is InChI=1S/C24H32N4O4S/c1-5-6-14-32-19-9-7-8-18(15-19)17-25-24(29)13-12-23-26-21-16-20(33(30,31)27(2)3)10-11-22(21)28(23)4/h7-11,15-16H,5-6,12-14,17H2,1-4H3,(H,25,29). The zero-order valence-electron chi connectivity index (χ0n) is 19.7. The van der Waals surface area contributed by atoms with E-state index in [1.54, 1.807) is 18.2 Å². The summed E-state index contributed by atoms with van der Waals surface area (Å²) >= 11 is 0. The Morgan fingerprint density at radius 2 is 1.97 bits per heavy atom. The second kappa shape index (κ2) is 10.8. The molecule has 3 rings (SSSR count). The van der Waals surface area contributed by atoms with Crippen LogP contribution in [0.1, 0.15) is 37.6 Å². The van der Waals surface area contributed by atoms with E-state index in [-0.39, 0.29) is 17.2 Å². The molecular weight excluding hydrogens is 440 g/mol. The van der Waals surface area contributed by atoms with Crippen molar-refractivity contribution in [3.63, 3.8) is 0 Å². The van der Waals surface area contributed by atoms with Crippen LogP contribution in [0, 0.1) is 0 Å². The number of fused-ring (bicyclic) bond motifs is 1. The molecule has 2 aromatic carbocycles. The molecule has 0 spiro atoms. The van der Waals surface area contributed by atoms with Crippen molar-refractivity contribution in [1.29, 1.82) is 0 Å². The van der Waals surface area contributed by atoms with E-state index < -0.39 is 10.0 Å². The lowest BCUT2D eigenvalue weighted by atomic mass is 10.2. The summed E-state index contributed by atoms with van der Waals surface area (Å²) in [5.74, 6) is 1.46. The topological polar surface area (TPSA) is 93.5 Å². The van der Waals surface area contributed by atoms with E-state index in [9.17, 15) is 13.2 Å². The number of imidazole rings is 1. The highest BCUT2D eigenvalue weighted by atomic mass is 32.2. The lowest BCUT2D eigenvalue weighted by Gasteiger charge is -2.10. The van der Waals surface area contributed by atoms with Crippen LogP contribution in [-0.4, -0.2) is 48.9 Å². The van der Waals surface area contributed by atoms with Crippen molar-refractivity contribution in [3.8, 4) is 5.75 Å². The molecule has 0 bridgehead atoms. The maximum absolute atomic E-state index is 12.4. The zero-order chi connectivity index (χ0) is 24.0. The average Bonchev–Trinajstić information content (AvgIpc) is 3.11. The van der Waals surface area contributed by atoms with Gasteiger partial charge in [0.05, 0.1) is 22.5 Å². The molecule has 0 aliphatic heterocycles. The molecule has 1 N–H and O–H groups in total. The van der Waals surface area contributed by atoms with Crippen molar-refractivity contribution >= 4 is 27.0 Å². The number of hydrogen-bond donors (Lipinski definition) is 1. The maximum Gasteiger partial charge on any atom is 0.242 e. The van der Waals surface area contributed by atoms with Gasteiger partial charge in [0.25, 0.3) is 0 Å². The van der Waals surface area contributed by atoms with Crippen LogP contribution in [0.2, 0.25) is 0 Å². The number of carbonyl (C=O) groups excluding carboxylic acids is 1. The van der Waals surface area contributed by atoms with Crippen molar-refractivity contribution in [2.24, 2.45) is 7.05 Å². The van der Waals surface area contributed by atoms with Crippen molar-refractivity contribution in [2.75, 3.05) is 20.7 Å². The smallest absolute Gasteiger partial charge is 0.242 e. The number of unbranched alkanes of at least 4 members (excludes halogenated alkanes) is 1. The minimum absolute atomic E-state index is 0.0739. The monoisotopic (exact) mass is 472 g/mol. The Balaban J connectivity index is 1.59. The van der Waals surface area contributed by atoms with E-state index in [1.807, 2.05) is 35.9 Å². The summed E-state index contributed by atoms with van der Waals surface area (Å²) in [5.41, 5.74) is 2.40. The highest BCUT2D eigenvalue weighted by molar-refractivity contribution is 7.89. The van der Waals surface area contributed by atoms with Crippen LogP contribution < -0.4 is 10.1 Å². The number of carbonyl (C=O) groups is 1. The number of nitrogens with zero attached hydrogens (tertiary/aromatic N) is 3. The summed E-state index contributed by atoms with van der Waals surface area (Å²) in [6, 6.07) is 12.6. The normalized spacial score (nSPS) is 11.8. The molecule has 1 heterocycles. The van der Waals surface area contributed by atoms with Crippen LogP contribution in [0.5, 0.6) is 5.75 Å². The Morgan fingerprint density at radius 1 is 1.18 bits per heavy atom. The fourth-order valence-corrected chi connectivity index (χ4v) is 4.34. The average molecular weight is 473 g/mol. The number of nitrogens with one attached hydrogen (secondary N) is 1. The van der Waals surface area contributed by atoms with Crippen LogP contribution in [0.25, 0.3) is 11.0 Å². The molecule has 33 heavy (non-hydrogen) atoms. The van der Waals surface area contributed by atoms with Gasteiger partial charge < -0.3 is 14.6 Å². The van der Waals surface area contributed by atoms with Gasteiger partial charge in [-0.15, -0.1) is 0 Å². The van der Waals surface area contributed by atoms with Crippen molar-refractivity contribution in [2.45, 2.75) is 44.0 Å². The number of amides is 1. The van der Waals surface area contributed by atoms with Crippen molar-refractivity contribution < 1.29 is 17.9 Å². The highest BCUT2D eigenvalue weighted by Crippen LogP contribution is 2.22. The number of benzene rings is 2. The fourth-order valence-electron chi connectivity index (χ4n) is 3.42. The predicted octanol–water partition coefficient (Wildman–Crippen LogP) is 3.25. The van der Waals surface area contributed by atoms with E-state index in [2.05, 4.69) is 17.2 Å². The van der Waals surface area contributed by atoms with Crippen molar-refractivity contribution in [1.82, 2.24) is 19.2 Å². The Morgan fingerprint density at radius 3 is 2.70 bits per heavy atom. The van der Waals surface area contributed by atoms with E-state index in [0.29, 0.717) is 25.1 Å². The number of aromatic nitrogens is 2. The molecule has 0 radical (unpaired) electrons. The highest BCUT2D eigenvalue weighted by Gasteiger charge is 2.19. The van der Waals surface area contributed by atoms with E-state index in [0.717, 1.165) is 35.5 Å². The number of sulfonamides is 1. The first-order chi connectivity index (χ1) is 15.7. The SMILES string of the molecule is CCCCOc1cccc(CNC(=O)CCc2nc3cc(S(=O)(=O)N(C)C)ccc3n2C)c1. The predicted molar refractivity (Wildman–Crippen MR) is 129 cm³/mol. The van der Waals surface area contributed by atoms with E-state index in [1.165, 1.54) is 18.4 Å². The van der Waals surface area contributed by atoms with Crippen molar-refractivity contribution in [3.05, 3.63) is 53.9 Å². The summed E-state index contributed by atoms with van der Waals surface area (Å²) in [5, 5.41) is 2.94. The number of ether oxygens (including phenoxy) is 1. The quantitative estimate of drug-likeness (QED) is 0.433. The Labute approximate surface area is 195 Å². The molecule has 1 aromatic heterocycles. The van der Waals surface area contributed by atoms with Gasteiger partial charge in [-0.25, -0.2) is 17.7 Å². The van der Waals surface area contributed by atoms with Crippen LogP contribution in [0.15, 0.2) is 47.4 Å². The third-order valence-electron chi connectivity index (χ3n) is 5.45. The fraction of sp³-hybridized carbons (Fsp3) is 0.417. The minimum atomic E-state index is -3.53. The summed E-state index contributed by atoms with van der Waals surface area (Å²) in [4.78, 5) is 17.2. The van der Waals surface area contributed by atoms with Gasteiger partial charge in [-0.1, -0.05) is 25.5 Å². The Kier molecular flexibility index (Phi) is 8.10. The van der Waals surface area contributed by atoms with Crippen LogP contribution >= 0.6 is 0 Å². The molecule has 3 aromatic rings. The summed E-state index contributed by atoms with van der Waals surface area (Å²) in [6.07, 6.45) is 2.83. The second-order valence-electron chi connectivity index (χ2n) is 8.15. The molecule has 0 aliphatic rings. The number of aryl methyl sites for hydroxylation is 2. The molecule has 8 nitrogen and oxygen atoms in total. The Hall–Kier alpha value is -2.91. The largest absolute Gasteiger partial charge is 0.494 e. The van der Waals surface area contributed by atoms with Gasteiger partial charge in [-0.05, 0) is 42.3 Å². The number of hydrogen-bond acceptors (Lipinski definition) is 5. The van der Waals surface area contributed by atoms with Gasteiger partial charge in [0.15, 0.2) is 0 Å². The molecule has 1 amide bonds. The third kappa shape index (κ3) is 6.11. The van der Waals surface area contributed by atoms with Gasteiger partial charge in [0.1, 0.15) is 11.6 Å². The van der Waals surface area contributed by atoms with E-state index in [4.69, 9.17) is 4.74 Å². The second-order valence-corrected chi connectivity index (χ2v) is 10.3. The third-order valence-corrected chi connectivity index (χ3v) is 7.26. The first-order valence-corrected chi connectivity index (χ1v) is 12.5. The molecule has 0 saturated heterocycles. The number of rotatable bonds is 11. The zero-order valence-corrected chi connectivity index (χ0v) is 20.5. The van der Waals surface area contributed by atoms with Gasteiger partial charge in [0, 0.05) is 40.5 Å². The lowest BCUT2D eigenvalue weighted by Crippen LogP contribution is -2.23. The summed E-state index contributed by atoms with van der Waals surface area (Å²) < 4.78 is 33.6. The molecular formula is C24H32N4O4S. The van der Waals surface area contributed by atoms with Crippen LogP contribution in [-0.2, 0) is 34.8 Å². The van der Waals surface area contributed by atoms with E-state index >= 15 is 0 Å². The van der Waals surface area contributed by atoms with Gasteiger partial charge in [-0.2, -0.15) is 0 Å². The Bertz CT molecular complexity index is 1220. The molecule has 9 heteroatoms. The van der Waals surface area contributed by atoms with Gasteiger partial charge >= 0.3 is 0 Å². The summed E-state index contributed by atoms with van der Waals surface area (Å²) in [7, 11) is 1.33. The molecule has 0 unspecified atom stereocenters. The van der Waals surface area contributed by atoms with Gasteiger partial charge in [-0.3, -0.25) is 4.79 Å². The van der Waals surface area contributed by atoms with Crippen LogP contribution in [0.4, 0.5) is 0 Å².